The molecule has 160 valence electrons. The van der Waals surface area contributed by atoms with Crippen LogP contribution in [0.3, 0.4) is 0 Å². The summed E-state index contributed by atoms with van der Waals surface area (Å²) >= 11 is 11.9. The molecule has 2 rings (SSSR count). The smallest absolute Gasteiger partial charge is 0.260 e. The van der Waals surface area contributed by atoms with Crippen molar-refractivity contribution in [3.8, 4) is 0 Å². The van der Waals surface area contributed by atoms with Gasteiger partial charge in [-0.15, -0.1) is 0 Å². The monoisotopic (exact) mass is 453 g/mol. The minimum absolute atomic E-state index is 0.0395. The number of carbonyl (C=O) groups is 3. The Bertz CT molecular complexity index is 920. The summed E-state index contributed by atoms with van der Waals surface area (Å²) in [6, 6.07) is 8.99. The van der Waals surface area contributed by atoms with Crippen LogP contribution in [-0.4, -0.2) is 23.8 Å². The molecular formula is C21H22Cl2FN3O3. The fourth-order valence-electron chi connectivity index (χ4n) is 2.66. The van der Waals surface area contributed by atoms with Crippen LogP contribution in [0.25, 0.3) is 0 Å². The molecule has 0 heterocycles. The van der Waals surface area contributed by atoms with Gasteiger partial charge >= 0.3 is 0 Å². The van der Waals surface area contributed by atoms with Crippen molar-refractivity contribution in [1.82, 2.24) is 16.2 Å². The standard InChI is InChI=1S/C21H22Cl2FN3O3/c1-12(2)9-18(25-20(29)16-8-5-14(22)11-17(16)23)21(30)27-26-19(28)10-13-3-6-15(24)7-4-13/h3-8,11-12,18H,9-10H2,1-2H3,(H,25,29)(H,26,28)(H,27,30). The number of carbonyl (C=O) groups excluding carboxylic acids is 3. The highest BCUT2D eigenvalue weighted by Gasteiger charge is 2.24. The highest BCUT2D eigenvalue weighted by atomic mass is 35.5. The van der Waals surface area contributed by atoms with Crippen molar-refractivity contribution < 1.29 is 18.8 Å². The number of hydrazine groups is 1. The number of nitrogens with one attached hydrogen (secondary N) is 3. The lowest BCUT2D eigenvalue weighted by Gasteiger charge is -2.20. The molecule has 1 unspecified atom stereocenters. The van der Waals surface area contributed by atoms with Crippen molar-refractivity contribution in [2.45, 2.75) is 32.7 Å². The van der Waals surface area contributed by atoms with E-state index in [-0.39, 0.29) is 22.9 Å². The molecule has 0 bridgehead atoms. The third-order valence-electron chi connectivity index (χ3n) is 4.11. The first kappa shape index (κ1) is 23.6. The Hall–Kier alpha value is -2.64. The number of hydrogen-bond donors (Lipinski definition) is 3. The maximum Gasteiger partial charge on any atom is 0.260 e. The Kier molecular flexibility index (Phi) is 8.62. The lowest BCUT2D eigenvalue weighted by Crippen LogP contribution is -2.53. The molecule has 2 aromatic carbocycles. The van der Waals surface area contributed by atoms with E-state index in [0.717, 1.165) is 0 Å². The maximum atomic E-state index is 12.9. The van der Waals surface area contributed by atoms with Crippen molar-refractivity contribution in [2.75, 3.05) is 0 Å². The summed E-state index contributed by atoms with van der Waals surface area (Å²) in [6.07, 6.45) is 0.304. The largest absolute Gasteiger partial charge is 0.340 e. The average molecular weight is 454 g/mol. The van der Waals surface area contributed by atoms with E-state index in [1.165, 1.54) is 42.5 Å². The number of hydrogen-bond acceptors (Lipinski definition) is 3. The summed E-state index contributed by atoms with van der Waals surface area (Å²) in [4.78, 5) is 37.1. The first-order chi connectivity index (χ1) is 14.2. The molecule has 0 aliphatic rings. The molecule has 1 atom stereocenters. The zero-order chi connectivity index (χ0) is 22.3. The molecule has 0 aliphatic carbocycles. The fraction of sp³-hybridized carbons (Fsp3) is 0.286. The van der Waals surface area contributed by atoms with Gasteiger partial charge in [0.25, 0.3) is 11.8 Å². The number of benzene rings is 2. The Morgan fingerprint density at radius 3 is 2.27 bits per heavy atom. The second-order valence-electron chi connectivity index (χ2n) is 7.12. The number of rotatable bonds is 7. The van der Waals surface area contributed by atoms with Gasteiger partial charge in [-0.25, -0.2) is 4.39 Å². The van der Waals surface area contributed by atoms with E-state index in [1.54, 1.807) is 0 Å². The van der Waals surface area contributed by atoms with E-state index in [4.69, 9.17) is 23.2 Å². The summed E-state index contributed by atoms with van der Waals surface area (Å²) in [6.45, 7) is 3.80. The highest BCUT2D eigenvalue weighted by Crippen LogP contribution is 2.21. The Balaban J connectivity index is 1.97. The molecule has 6 nitrogen and oxygen atoms in total. The van der Waals surface area contributed by atoms with Gasteiger partial charge in [-0.2, -0.15) is 0 Å². The predicted molar refractivity (Wildman–Crippen MR) is 114 cm³/mol. The van der Waals surface area contributed by atoms with Crippen LogP contribution < -0.4 is 16.2 Å². The van der Waals surface area contributed by atoms with E-state index >= 15 is 0 Å². The lowest BCUT2D eigenvalue weighted by atomic mass is 10.0. The number of amides is 3. The predicted octanol–water partition coefficient (Wildman–Crippen LogP) is 3.67. The van der Waals surface area contributed by atoms with Crippen LogP contribution in [0.1, 0.15) is 36.2 Å². The molecule has 0 radical (unpaired) electrons. The summed E-state index contributed by atoms with van der Waals surface area (Å²) in [5.74, 6) is -1.90. The molecule has 30 heavy (non-hydrogen) atoms. The Labute approximate surface area is 184 Å². The second-order valence-corrected chi connectivity index (χ2v) is 7.96. The Morgan fingerprint density at radius 2 is 1.67 bits per heavy atom. The van der Waals surface area contributed by atoms with Crippen molar-refractivity contribution >= 4 is 40.9 Å². The van der Waals surface area contributed by atoms with Gasteiger partial charge in [-0.05, 0) is 48.2 Å². The Morgan fingerprint density at radius 1 is 1.00 bits per heavy atom. The molecule has 0 aliphatic heterocycles. The normalized spacial score (nSPS) is 11.7. The van der Waals surface area contributed by atoms with E-state index in [2.05, 4.69) is 16.2 Å². The van der Waals surface area contributed by atoms with Crippen molar-refractivity contribution in [3.63, 3.8) is 0 Å². The maximum absolute atomic E-state index is 12.9. The molecule has 0 saturated heterocycles. The van der Waals surface area contributed by atoms with Crippen LogP contribution >= 0.6 is 23.2 Å². The first-order valence-corrected chi connectivity index (χ1v) is 10.0. The molecule has 3 N–H and O–H groups in total. The summed E-state index contributed by atoms with van der Waals surface area (Å²) in [5, 5.41) is 3.18. The molecular weight excluding hydrogens is 432 g/mol. The molecule has 0 spiro atoms. The molecule has 0 fully saturated rings. The van der Waals surface area contributed by atoms with Gasteiger partial charge in [0.2, 0.25) is 5.91 Å². The molecule has 0 saturated carbocycles. The first-order valence-electron chi connectivity index (χ1n) is 9.24. The fourth-order valence-corrected chi connectivity index (χ4v) is 3.16. The molecule has 3 amide bonds. The molecule has 2 aromatic rings. The van der Waals surface area contributed by atoms with Gasteiger partial charge in [0.1, 0.15) is 11.9 Å². The van der Waals surface area contributed by atoms with Gasteiger partial charge in [0, 0.05) is 5.02 Å². The van der Waals surface area contributed by atoms with Crippen LogP contribution in [-0.2, 0) is 16.0 Å². The topological polar surface area (TPSA) is 87.3 Å². The summed E-state index contributed by atoms with van der Waals surface area (Å²) in [7, 11) is 0. The SMILES string of the molecule is CC(C)CC(NC(=O)c1ccc(Cl)cc1Cl)C(=O)NNC(=O)Cc1ccc(F)cc1. The number of halogens is 3. The van der Waals surface area contributed by atoms with E-state index in [0.29, 0.717) is 17.0 Å². The van der Waals surface area contributed by atoms with Crippen LogP contribution in [0, 0.1) is 11.7 Å². The molecule has 0 aromatic heterocycles. The van der Waals surface area contributed by atoms with Gasteiger partial charge < -0.3 is 5.32 Å². The van der Waals surface area contributed by atoms with Gasteiger partial charge in [-0.1, -0.05) is 49.2 Å². The zero-order valence-corrected chi connectivity index (χ0v) is 18.0. The molecule has 9 heteroatoms. The van der Waals surface area contributed by atoms with Crippen LogP contribution in [0.4, 0.5) is 4.39 Å². The van der Waals surface area contributed by atoms with Crippen LogP contribution in [0.15, 0.2) is 42.5 Å². The van der Waals surface area contributed by atoms with Crippen LogP contribution in [0.2, 0.25) is 10.0 Å². The van der Waals surface area contributed by atoms with Crippen molar-refractivity contribution in [1.29, 1.82) is 0 Å². The lowest BCUT2D eigenvalue weighted by molar-refractivity contribution is -0.129. The zero-order valence-electron chi connectivity index (χ0n) is 16.5. The minimum Gasteiger partial charge on any atom is -0.340 e. The quantitative estimate of drug-likeness (QED) is 0.558. The van der Waals surface area contributed by atoms with Crippen LogP contribution in [0.5, 0.6) is 0 Å². The summed E-state index contributed by atoms with van der Waals surface area (Å²) in [5.41, 5.74) is 5.40. The third kappa shape index (κ3) is 7.31. The van der Waals surface area contributed by atoms with Crippen molar-refractivity contribution in [2.24, 2.45) is 5.92 Å². The van der Waals surface area contributed by atoms with E-state index in [1.807, 2.05) is 13.8 Å². The van der Waals surface area contributed by atoms with Crippen molar-refractivity contribution in [3.05, 3.63) is 69.5 Å². The van der Waals surface area contributed by atoms with Gasteiger partial charge in [0.05, 0.1) is 17.0 Å². The summed E-state index contributed by atoms with van der Waals surface area (Å²) < 4.78 is 12.9. The van der Waals surface area contributed by atoms with E-state index < -0.39 is 29.6 Å². The van der Waals surface area contributed by atoms with Gasteiger partial charge in [-0.3, -0.25) is 25.2 Å². The second kappa shape index (κ2) is 10.9. The van der Waals surface area contributed by atoms with Gasteiger partial charge in [0.15, 0.2) is 0 Å². The third-order valence-corrected chi connectivity index (χ3v) is 4.66. The minimum atomic E-state index is -0.893. The average Bonchev–Trinajstić information content (AvgIpc) is 2.67. The highest BCUT2D eigenvalue weighted by molar-refractivity contribution is 6.36. The van der Waals surface area contributed by atoms with E-state index in [9.17, 15) is 18.8 Å².